The average Bonchev–Trinajstić information content (AvgIpc) is 0.767. The predicted molar refractivity (Wildman–Crippen MR) is 449 cm³/mol. The molecule has 22 atom stereocenters. The molecule has 125 heavy (non-hydrogen) atoms. The molecule has 0 spiro atoms. The standard InChI is InChI=1S/C87H117ClN12O25/c1-9-10-11-12-13-14-15-16-25-99-26-28-100(29-27-99)84(117)67-51-35-48(102)36-56(104)64(51)50-31-45(19-23-55(50)103)65-80(113)98-69(83(116)96-67)73(123-62-38-86(6,90)76(109)42(4)118-62)44-17-21-49(22-18-44)120-58-33-47-34-59(74(58)125-85-75(72(108)71(107)60(40-101)122-85)124-63-39-87(7,91)77(110)43(5)119-63)121-57-24-20-46(32-52(57)88)70(106)68(97-78(111)53(92-8)30-41(2)3)82(115)93-54(37-61(89)105)79(112)94-66(47)81(114)95-65/h17-24,31-36,41-43,53-54,60,62-63,65-73,75-77,85,92,101-104,106-110H,9-16,25-30,37-40,90-91H2,1-8H3,(H2,89,105)(H,93,115)(H,94,112)(H,95,114)(H,96,116)(H,97,111)(H,98,113)/t42-,43-,53+,54-,60+,62-,63-,65+,66+,67-,68+,69-,70+,71+,72-,73+,75+,76-,77-,85-,86-,87-/m0/s1. The lowest BCUT2D eigenvalue weighted by atomic mass is 9.86. The number of aliphatic hydroxyl groups is 6. The summed E-state index contributed by atoms with van der Waals surface area (Å²) < 4.78 is 52.6. The quantitative estimate of drug-likeness (QED) is 0.0395. The van der Waals surface area contributed by atoms with E-state index >= 15 is 28.8 Å². The molecule has 8 amide bonds. The van der Waals surface area contributed by atoms with Crippen LogP contribution in [0.1, 0.15) is 184 Å². The Bertz CT molecular complexity index is 4710. The number of phenols is 3. The predicted octanol–water partition coefficient (Wildman–Crippen LogP) is 2.89. The number of primary amides is 1. The fraction of sp³-hybridized carbons (Fsp3) is 0.563. The lowest BCUT2D eigenvalue weighted by Crippen LogP contribution is -2.64. The summed E-state index contributed by atoms with van der Waals surface area (Å²) in [6.07, 6.45) is -13.3. The molecule has 5 aromatic carbocycles. The van der Waals surface area contributed by atoms with Crippen LogP contribution in [-0.2, 0) is 62.0 Å². The zero-order valence-electron chi connectivity index (χ0n) is 71.0. The van der Waals surface area contributed by atoms with E-state index in [1.807, 2.05) is 13.8 Å². The second-order valence-corrected chi connectivity index (χ2v) is 34.8. The number of aromatic hydroxyl groups is 3. The minimum absolute atomic E-state index is 0.0308. The molecule has 0 aliphatic carbocycles. The summed E-state index contributed by atoms with van der Waals surface area (Å²) in [5.41, 5.74) is 14.7. The van der Waals surface area contributed by atoms with E-state index in [0.717, 1.165) is 75.4 Å². The topological polar surface area (TPSA) is 561 Å². The van der Waals surface area contributed by atoms with Gasteiger partial charge in [0.1, 0.15) is 95.5 Å². The monoisotopic (exact) mass is 1760 g/mol. The maximum absolute atomic E-state index is 16.7. The number of halogens is 1. The molecule has 0 radical (unpaired) electrons. The highest BCUT2D eigenvalue weighted by molar-refractivity contribution is 6.32. The Morgan fingerprint density at radius 2 is 1.25 bits per heavy atom. The van der Waals surface area contributed by atoms with Gasteiger partial charge in [0.25, 0.3) is 0 Å². The Hall–Kier alpha value is -9.65. The Morgan fingerprint density at radius 3 is 1.86 bits per heavy atom. The van der Waals surface area contributed by atoms with Crippen LogP contribution in [0.2, 0.25) is 5.02 Å². The molecular formula is C87H117ClN12O25. The number of likely N-dealkylation sites (N-methyl/N-ethyl adjacent to an activating group) is 1. The number of unbranched alkanes of at least 4 members (excludes halogenated alkanes) is 7. The smallest absolute Gasteiger partial charge is 0.249 e. The second kappa shape index (κ2) is 40.5. The number of ether oxygens (including phenoxy) is 8. The summed E-state index contributed by atoms with van der Waals surface area (Å²) in [5.74, 6) is -13.6. The molecule has 4 saturated heterocycles. The van der Waals surface area contributed by atoms with Crippen molar-refractivity contribution < 1.29 is 122 Å². The van der Waals surface area contributed by atoms with Crippen molar-refractivity contribution in [2.45, 2.75) is 259 Å². The summed E-state index contributed by atoms with van der Waals surface area (Å²) in [6, 6.07) is 3.18. The lowest BCUT2D eigenvalue weighted by Gasteiger charge is -2.47. The SMILES string of the molecule is CCCCCCCCCCN1CCN(C(=O)[C@H]2NC(=O)[C@H]3NC(=O)[C@H](NC(=O)[C@@H]4NC(=O)[C@H](CC(N)=O)NC(=O)[C@H](NC(=O)[C@@H](CC(C)C)NC)[C@H](O)c5ccc(c(Cl)c5)Oc5cc4cc(c5O[C@@H]4O[C@H](CO)[C@@H](O)[C@H](O)[C@H]4O[C@H]4C[C@](C)(N)[C@@H](O)[C@H](C)O4)Oc4ccc(cc4)[C@H]3O[C@H]3C[C@](C)(N)[C@@H](O)[C@H](C)O3)c3ccc(O)c(c3)-c3c(O)cc(O)cc32)CC1. The molecular weight excluding hydrogens is 1650 g/mol. The number of hydrogen-bond acceptors (Lipinski definition) is 29. The normalized spacial score (nSPS) is 30.7. The van der Waals surface area contributed by atoms with Gasteiger partial charge < -0.3 is 143 Å². The third-order valence-corrected chi connectivity index (χ3v) is 24.4. The summed E-state index contributed by atoms with van der Waals surface area (Å²) in [6.45, 7) is 12.9. The number of aliphatic hydroxyl groups excluding tert-OH is 6. The number of phenolic OH excluding ortho intramolecular Hbond substituents is 3. The molecule has 0 saturated carbocycles. The molecule has 5 aromatic rings. The van der Waals surface area contributed by atoms with E-state index in [-0.39, 0.29) is 88.2 Å². The molecule has 37 nitrogen and oxygen atoms in total. The Morgan fingerprint density at radius 1 is 0.648 bits per heavy atom. The van der Waals surface area contributed by atoms with Crippen LogP contribution in [0.25, 0.3) is 11.1 Å². The fourth-order valence-corrected chi connectivity index (χ4v) is 17.3. The van der Waals surface area contributed by atoms with Gasteiger partial charge in [0.15, 0.2) is 30.2 Å². The van der Waals surface area contributed by atoms with Crippen LogP contribution in [0.5, 0.6) is 46.0 Å². The zero-order chi connectivity index (χ0) is 90.4. The van der Waals surface area contributed by atoms with Crippen LogP contribution >= 0.6 is 11.6 Å². The first-order valence-electron chi connectivity index (χ1n) is 42.5. The van der Waals surface area contributed by atoms with Crippen molar-refractivity contribution in [1.82, 2.24) is 47.0 Å². The molecule has 9 heterocycles. The van der Waals surface area contributed by atoms with Crippen molar-refractivity contribution in [1.29, 1.82) is 0 Å². The number of nitrogens with one attached hydrogen (secondary N) is 7. The van der Waals surface area contributed by atoms with Gasteiger partial charge in [0.2, 0.25) is 59.3 Å². The number of nitrogens with two attached hydrogens (primary N) is 3. The molecule has 0 aromatic heterocycles. The Balaban J connectivity index is 1.07. The number of fused-ring (bicyclic) bond motifs is 15. The molecule has 22 N–H and O–H groups in total. The first kappa shape index (κ1) is 94.5. The van der Waals surface area contributed by atoms with Crippen LogP contribution in [0, 0.1) is 5.92 Å². The molecule has 38 heteroatoms. The van der Waals surface area contributed by atoms with Crippen molar-refractivity contribution in [2.75, 3.05) is 46.4 Å². The van der Waals surface area contributed by atoms with Crippen molar-refractivity contribution in [2.24, 2.45) is 23.1 Å². The van der Waals surface area contributed by atoms with Gasteiger partial charge >= 0.3 is 0 Å². The number of hydrogen-bond donors (Lipinski definition) is 19. The number of nitrogens with zero attached hydrogens (tertiary/aromatic N) is 2. The van der Waals surface area contributed by atoms with Crippen molar-refractivity contribution in [3.05, 3.63) is 118 Å². The largest absolute Gasteiger partial charge is 0.508 e. The van der Waals surface area contributed by atoms with E-state index in [9.17, 15) is 55.5 Å². The van der Waals surface area contributed by atoms with Gasteiger partial charge in [-0.05, 0) is 142 Å². The third kappa shape index (κ3) is 22.0. The van der Waals surface area contributed by atoms with Gasteiger partial charge in [0.05, 0.1) is 48.5 Å². The Kier molecular flexibility index (Phi) is 30.6. The van der Waals surface area contributed by atoms with Crippen LogP contribution in [-0.4, -0.2) is 252 Å². The zero-order valence-corrected chi connectivity index (χ0v) is 71.8. The number of benzene rings is 5. The van der Waals surface area contributed by atoms with E-state index in [1.165, 1.54) is 100 Å². The molecule has 4 fully saturated rings. The van der Waals surface area contributed by atoms with Crippen LogP contribution < -0.4 is 68.6 Å². The highest BCUT2D eigenvalue weighted by atomic mass is 35.5. The third-order valence-electron chi connectivity index (χ3n) is 24.1. The van der Waals surface area contributed by atoms with Gasteiger partial charge in [-0.25, -0.2) is 0 Å². The van der Waals surface area contributed by atoms with E-state index in [0.29, 0.717) is 13.1 Å². The first-order valence-corrected chi connectivity index (χ1v) is 42.9. The molecule has 9 aliphatic rings. The van der Waals surface area contributed by atoms with Crippen LogP contribution in [0.15, 0.2) is 84.9 Å². The lowest BCUT2D eigenvalue weighted by molar-refractivity contribution is -0.333. The summed E-state index contributed by atoms with van der Waals surface area (Å²) in [7, 11) is 1.49. The van der Waals surface area contributed by atoms with Gasteiger partial charge in [-0.2, -0.15) is 0 Å². The van der Waals surface area contributed by atoms with Crippen LogP contribution in [0.4, 0.5) is 0 Å². The average molecular weight is 1770 g/mol. The molecule has 14 rings (SSSR count). The van der Waals surface area contributed by atoms with Crippen molar-refractivity contribution in [3.8, 4) is 57.1 Å². The highest BCUT2D eigenvalue weighted by Crippen LogP contribution is 2.50. The fourth-order valence-electron chi connectivity index (χ4n) is 17.1. The van der Waals surface area contributed by atoms with Crippen molar-refractivity contribution in [3.63, 3.8) is 0 Å². The maximum atomic E-state index is 16.7. The number of rotatable bonds is 24. The van der Waals surface area contributed by atoms with Crippen molar-refractivity contribution >= 4 is 58.9 Å². The van der Waals surface area contributed by atoms with E-state index in [1.54, 1.807) is 6.92 Å². The minimum atomic E-state index is -2.33. The second-order valence-electron chi connectivity index (χ2n) is 34.4. The molecule has 0 unspecified atom stereocenters. The highest BCUT2D eigenvalue weighted by Gasteiger charge is 2.53. The first-order chi connectivity index (χ1) is 59.3. The number of amides is 8. The number of carbonyl (C=O) groups excluding carboxylic acids is 8. The molecule has 11 bridgehead atoms. The van der Waals surface area contributed by atoms with Gasteiger partial charge in [-0.1, -0.05) is 102 Å². The van der Waals surface area contributed by atoms with Gasteiger partial charge in [-0.3, -0.25) is 43.3 Å². The Labute approximate surface area is 727 Å². The van der Waals surface area contributed by atoms with Crippen LogP contribution in [0.3, 0.4) is 0 Å². The van der Waals surface area contributed by atoms with Gasteiger partial charge in [-0.15, -0.1) is 0 Å². The van der Waals surface area contributed by atoms with Gasteiger partial charge in [0, 0.05) is 67.3 Å². The summed E-state index contributed by atoms with van der Waals surface area (Å²) >= 11 is 7.21. The van der Waals surface area contributed by atoms with E-state index in [4.69, 9.17) is 66.7 Å². The van der Waals surface area contributed by atoms with E-state index in [2.05, 4.69) is 49.0 Å². The summed E-state index contributed by atoms with van der Waals surface area (Å²) in [5, 5.41) is 124. The molecule has 9 aliphatic heterocycles. The number of carbonyl (C=O) groups is 8. The number of piperazine rings is 1. The van der Waals surface area contributed by atoms with E-state index < -0.39 is 234 Å². The molecule has 682 valence electrons. The summed E-state index contributed by atoms with van der Waals surface area (Å²) in [4.78, 5) is 128. The minimum Gasteiger partial charge on any atom is -0.508 e. The maximum Gasteiger partial charge on any atom is 0.249 e.